The van der Waals surface area contributed by atoms with Crippen LogP contribution in [0.5, 0.6) is 23.0 Å². The number of rotatable bonds is 8. The number of esters is 3. The second-order valence-corrected chi connectivity index (χ2v) is 9.02. The van der Waals surface area contributed by atoms with Gasteiger partial charge in [0.2, 0.25) is 0 Å². The molecule has 4 rings (SSSR count). The summed E-state index contributed by atoms with van der Waals surface area (Å²) in [6.45, 7) is 6.05. The van der Waals surface area contributed by atoms with Crippen LogP contribution < -0.4 is 4.74 Å². The van der Waals surface area contributed by atoms with Crippen LogP contribution >= 0.6 is 0 Å². The number of aliphatic hydroxyl groups is 1. The quantitative estimate of drug-likeness (QED) is 0.0730. The third-order valence-corrected chi connectivity index (χ3v) is 5.26. The number of para-hydroxylation sites is 1. The molecule has 4 aromatic rings. The number of hydrogen-bond acceptors (Lipinski definition) is 11. The van der Waals surface area contributed by atoms with Gasteiger partial charge in [0.15, 0.2) is 6.29 Å². The second-order valence-electron chi connectivity index (χ2n) is 9.02. The van der Waals surface area contributed by atoms with Crippen LogP contribution in [0, 0.1) is 0 Å². The number of benzene rings is 4. The van der Waals surface area contributed by atoms with E-state index < -0.39 is 12.3 Å². The predicted molar refractivity (Wildman–Crippen MR) is 172 cm³/mol. The number of carbonyl (C=O) groups excluding carboxylic acids is 3. The molecule has 0 aliphatic rings. The minimum atomic E-state index is -0.734. The molecule has 0 aliphatic heterocycles. The first-order valence-corrected chi connectivity index (χ1v) is 14.2. The van der Waals surface area contributed by atoms with Gasteiger partial charge in [-0.2, -0.15) is 0 Å². The molecule has 0 heterocycles. The summed E-state index contributed by atoms with van der Waals surface area (Å²) in [5.74, 6) is 0.00888. The third kappa shape index (κ3) is 21.6. The summed E-state index contributed by atoms with van der Waals surface area (Å²) < 4.78 is 19.1. The van der Waals surface area contributed by atoms with E-state index in [1.54, 1.807) is 26.0 Å². The second kappa shape index (κ2) is 28.1. The molecule has 0 aliphatic carbocycles. The van der Waals surface area contributed by atoms with Gasteiger partial charge < -0.3 is 50.3 Å². The molecule has 4 N–H and O–H groups in total. The Balaban J connectivity index is -0.000000566. The minimum absolute atomic E-state index is 0. The van der Waals surface area contributed by atoms with E-state index in [0.717, 1.165) is 6.42 Å². The van der Waals surface area contributed by atoms with Crippen molar-refractivity contribution in [2.75, 3.05) is 20.3 Å². The Morgan fingerprint density at radius 2 is 0.980 bits per heavy atom. The van der Waals surface area contributed by atoms with Crippen LogP contribution in [0.2, 0.25) is 0 Å². The van der Waals surface area contributed by atoms with Crippen LogP contribution in [0.25, 0.3) is 0 Å². The Kier molecular flexibility index (Phi) is 27.8. The summed E-state index contributed by atoms with van der Waals surface area (Å²) in [4.78, 5) is 33.1. The molecule has 0 saturated carbocycles. The third-order valence-electron chi connectivity index (χ3n) is 5.26. The fraction of sp³-hybridized carbons (Fsp3) is 0.229. The van der Waals surface area contributed by atoms with Crippen LogP contribution in [0.15, 0.2) is 103 Å². The zero-order valence-corrected chi connectivity index (χ0v) is 29.0. The van der Waals surface area contributed by atoms with Crippen molar-refractivity contribution in [1.82, 2.24) is 0 Å². The first kappa shape index (κ1) is 48.5. The number of hydrogen-bond donors (Lipinski definition) is 4. The number of methoxy groups -OCH3 is 1. The molecule has 0 fully saturated rings. The summed E-state index contributed by atoms with van der Waals surface area (Å²) in [5, 5.41) is 35.5. The van der Waals surface area contributed by atoms with Crippen molar-refractivity contribution >= 4 is 17.9 Å². The first-order valence-electron chi connectivity index (χ1n) is 14.2. The van der Waals surface area contributed by atoms with Crippen LogP contribution in [0.1, 0.15) is 58.3 Å². The van der Waals surface area contributed by atoms with Crippen molar-refractivity contribution in [2.24, 2.45) is 0 Å². The van der Waals surface area contributed by atoms with Gasteiger partial charge in [0, 0.05) is 0 Å². The van der Waals surface area contributed by atoms with E-state index in [1.807, 2.05) is 25.1 Å². The first-order chi connectivity index (χ1) is 22.0. The molecule has 0 saturated heterocycles. The van der Waals surface area contributed by atoms with Gasteiger partial charge in [-0.05, 0) is 105 Å². The molecular weight excluding hydrogens is 676 g/mol. The molecule has 49 heavy (non-hydrogen) atoms. The molecule has 13 nitrogen and oxygen atoms in total. The van der Waals surface area contributed by atoms with E-state index >= 15 is 0 Å². The van der Waals surface area contributed by atoms with Gasteiger partial charge in [-0.15, -0.1) is 0 Å². The molecule has 14 heteroatoms. The molecule has 0 radical (unpaired) electrons. The van der Waals surface area contributed by atoms with Gasteiger partial charge in [-0.1, -0.05) is 25.1 Å². The van der Waals surface area contributed by atoms with Gasteiger partial charge in [0.05, 0.1) is 37.0 Å². The number of phenols is 3. The molecule has 262 valence electrons. The zero-order chi connectivity index (χ0) is 34.3. The molecule has 0 amide bonds. The number of aliphatic hydroxyl groups excluding tert-OH is 1. The molecule has 0 bridgehead atoms. The zero-order valence-electron chi connectivity index (χ0n) is 27.5. The van der Waals surface area contributed by atoms with E-state index in [9.17, 15) is 14.4 Å². The normalized spacial score (nSPS) is 9.49. The maximum Gasteiger partial charge on any atom is 4.00 e. The fourth-order valence-electron chi connectivity index (χ4n) is 3.10. The van der Waals surface area contributed by atoms with Crippen molar-refractivity contribution in [1.29, 1.82) is 0 Å². The van der Waals surface area contributed by atoms with Gasteiger partial charge >= 0.3 is 39.6 Å². The number of phenolic OH excluding ortho intramolecular Hbond substituents is 3. The number of aromatic hydroxyl groups is 3. The Morgan fingerprint density at radius 3 is 1.31 bits per heavy atom. The Morgan fingerprint density at radius 1 is 0.612 bits per heavy atom. The SMILES string of the molecule is CC(O)Oc1ccccc1.CCCOC(=O)c1ccc(O)cc1.CCOC(=O)c1ccc(O)cc1.COC(=O)c1ccc(O)cc1.[O-2].[O-2].[Ti+4]. The van der Waals surface area contributed by atoms with E-state index in [1.165, 1.54) is 79.9 Å². The number of ether oxygens (including phenoxy) is 4. The largest absolute Gasteiger partial charge is 4.00 e. The Labute approximate surface area is 300 Å². The molecule has 1 unspecified atom stereocenters. The van der Waals surface area contributed by atoms with Crippen molar-refractivity contribution in [3.05, 3.63) is 120 Å². The average Bonchev–Trinajstić information content (AvgIpc) is 3.05. The van der Waals surface area contributed by atoms with E-state index in [0.29, 0.717) is 35.7 Å². The molecule has 4 aromatic carbocycles. The summed E-state index contributed by atoms with van der Waals surface area (Å²) >= 11 is 0. The van der Waals surface area contributed by atoms with Crippen molar-refractivity contribution < 1.29 is 86.4 Å². The predicted octanol–water partition coefficient (Wildman–Crippen LogP) is 5.87. The summed E-state index contributed by atoms with van der Waals surface area (Å²) in [7, 11) is 1.31. The summed E-state index contributed by atoms with van der Waals surface area (Å²) in [5.41, 5.74) is 1.35. The fourth-order valence-corrected chi connectivity index (χ4v) is 3.10. The van der Waals surface area contributed by atoms with Gasteiger partial charge in [0.1, 0.15) is 23.0 Å². The number of carbonyl (C=O) groups is 3. The maximum atomic E-state index is 11.2. The minimum Gasteiger partial charge on any atom is -2.00 e. The van der Waals surface area contributed by atoms with Gasteiger partial charge in [-0.3, -0.25) is 0 Å². The van der Waals surface area contributed by atoms with E-state index in [-0.39, 0.29) is 61.9 Å². The molecule has 1 atom stereocenters. The van der Waals surface area contributed by atoms with Crippen LogP contribution in [-0.4, -0.2) is 64.9 Å². The van der Waals surface area contributed by atoms with E-state index in [2.05, 4.69) is 4.74 Å². The summed E-state index contributed by atoms with van der Waals surface area (Å²) in [6.07, 6.45) is 0.0755. The standard InChI is InChI=1S/C10H12O3.C9H10O3.C8H8O3.C8H10O2.2O.Ti/c1-2-7-13-10(12)8-3-5-9(11)6-4-8;1-2-12-9(11)7-3-5-8(10)6-4-7;1-11-8(10)6-2-4-7(9)5-3-6;1-7(9)10-8-5-3-2-4-6-8;;;/h3-6,11H,2,7H2,1H3;3-6,10H,2H2,1H3;2-5,9H,1H3;2-7,9H,1H3;;;/q;;;;2*-2;+4. The van der Waals surface area contributed by atoms with Crippen LogP contribution in [-0.2, 0) is 46.9 Å². The Hall–Kier alpha value is -4.92. The van der Waals surface area contributed by atoms with Crippen molar-refractivity contribution in [2.45, 2.75) is 33.5 Å². The molecular formula is C35H40O13Ti. The maximum absolute atomic E-state index is 11.2. The monoisotopic (exact) mass is 716 g/mol. The van der Waals surface area contributed by atoms with Crippen molar-refractivity contribution in [3.63, 3.8) is 0 Å². The van der Waals surface area contributed by atoms with Gasteiger partial charge in [-0.25, -0.2) is 14.4 Å². The van der Waals surface area contributed by atoms with Crippen LogP contribution in [0.4, 0.5) is 0 Å². The van der Waals surface area contributed by atoms with E-state index in [4.69, 9.17) is 34.6 Å². The summed E-state index contributed by atoms with van der Waals surface area (Å²) in [6, 6.07) is 27.0. The topological polar surface area (TPSA) is 226 Å². The Bertz CT molecular complexity index is 1430. The van der Waals surface area contributed by atoms with Crippen molar-refractivity contribution in [3.8, 4) is 23.0 Å². The molecule has 0 spiro atoms. The smallest absolute Gasteiger partial charge is 2.00 e. The van der Waals surface area contributed by atoms with Gasteiger partial charge in [0.25, 0.3) is 0 Å². The van der Waals surface area contributed by atoms with Crippen LogP contribution in [0.3, 0.4) is 0 Å². The average molecular weight is 717 g/mol. The molecule has 0 aromatic heterocycles.